The monoisotopic (exact) mass is 273 g/mol. The summed E-state index contributed by atoms with van der Waals surface area (Å²) in [6.45, 7) is 6.62. The summed E-state index contributed by atoms with van der Waals surface area (Å²) in [5, 5.41) is 3.39. The number of imidazole rings is 1. The molecule has 0 aliphatic carbocycles. The molecule has 5 nitrogen and oxygen atoms in total. The molecule has 0 atom stereocenters. The molecule has 1 aliphatic rings. The van der Waals surface area contributed by atoms with Gasteiger partial charge in [0.05, 0.1) is 11.0 Å². The number of piperazine rings is 1. The highest BCUT2D eigenvalue weighted by atomic mass is 15.3. The molecule has 1 aromatic carbocycles. The van der Waals surface area contributed by atoms with Crippen LogP contribution in [-0.4, -0.2) is 60.8 Å². The Morgan fingerprint density at radius 2 is 2.00 bits per heavy atom. The van der Waals surface area contributed by atoms with Crippen molar-refractivity contribution in [2.24, 2.45) is 7.05 Å². The number of hydrogen-bond acceptors (Lipinski definition) is 4. The summed E-state index contributed by atoms with van der Waals surface area (Å²) in [5.74, 6) is 1.04. The van der Waals surface area contributed by atoms with Gasteiger partial charge in [-0.25, -0.2) is 4.98 Å². The number of likely N-dealkylation sites (N-methyl/N-ethyl adjacent to an activating group) is 1. The van der Waals surface area contributed by atoms with Crippen molar-refractivity contribution < 1.29 is 0 Å². The highest BCUT2D eigenvalue weighted by Crippen LogP contribution is 2.19. The van der Waals surface area contributed by atoms with Gasteiger partial charge in [0.15, 0.2) is 0 Å². The van der Waals surface area contributed by atoms with Crippen molar-refractivity contribution >= 4 is 17.0 Å². The second-order valence-corrected chi connectivity index (χ2v) is 5.47. The predicted molar refractivity (Wildman–Crippen MR) is 83.3 cm³/mol. The lowest BCUT2D eigenvalue weighted by molar-refractivity contribution is 0.246. The number of aromatic nitrogens is 2. The van der Waals surface area contributed by atoms with Gasteiger partial charge in [-0.2, -0.15) is 0 Å². The van der Waals surface area contributed by atoms with Crippen molar-refractivity contribution in [1.82, 2.24) is 19.8 Å². The van der Waals surface area contributed by atoms with E-state index in [1.54, 1.807) is 0 Å². The van der Waals surface area contributed by atoms with Crippen LogP contribution < -0.4 is 10.2 Å². The van der Waals surface area contributed by atoms with Gasteiger partial charge in [0, 0.05) is 53.4 Å². The van der Waals surface area contributed by atoms with Crippen molar-refractivity contribution in [3.05, 3.63) is 24.3 Å². The Labute approximate surface area is 120 Å². The third-order valence-electron chi connectivity index (χ3n) is 4.07. The SMILES string of the molecule is CN(CCN1CCNCC1)c1nc2ccccc2n1C. The number of aryl methyl sites for hydroxylation is 1. The van der Waals surface area contributed by atoms with Gasteiger partial charge in [-0.05, 0) is 12.1 Å². The van der Waals surface area contributed by atoms with Gasteiger partial charge < -0.3 is 14.8 Å². The summed E-state index contributed by atoms with van der Waals surface area (Å²) >= 11 is 0. The van der Waals surface area contributed by atoms with Crippen LogP contribution in [0.5, 0.6) is 0 Å². The zero-order chi connectivity index (χ0) is 13.9. The zero-order valence-electron chi connectivity index (χ0n) is 12.3. The van der Waals surface area contributed by atoms with Crippen molar-refractivity contribution in [2.75, 3.05) is 51.2 Å². The second-order valence-electron chi connectivity index (χ2n) is 5.47. The normalized spacial score (nSPS) is 16.7. The molecule has 2 aromatic rings. The van der Waals surface area contributed by atoms with Crippen molar-refractivity contribution in [3.8, 4) is 0 Å². The number of fused-ring (bicyclic) bond motifs is 1. The van der Waals surface area contributed by atoms with Gasteiger partial charge in [0.2, 0.25) is 5.95 Å². The molecule has 0 spiro atoms. The van der Waals surface area contributed by atoms with E-state index in [4.69, 9.17) is 4.98 Å². The molecule has 0 bridgehead atoms. The van der Waals surface area contributed by atoms with Crippen LogP contribution in [0.25, 0.3) is 11.0 Å². The van der Waals surface area contributed by atoms with Crippen molar-refractivity contribution in [3.63, 3.8) is 0 Å². The number of rotatable bonds is 4. The fraction of sp³-hybridized carbons (Fsp3) is 0.533. The number of hydrogen-bond donors (Lipinski definition) is 1. The minimum absolute atomic E-state index is 1.01. The van der Waals surface area contributed by atoms with Gasteiger partial charge in [-0.15, -0.1) is 0 Å². The molecular formula is C15H23N5. The number of anilines is 1. The molecule has 1 N–H and O–H groups in total. The largest absolute Gasteiger partial charge is 0.344 e. The maximum atomic E-state index is 4.73. The fourth-order valence-corrected chi connectivity index (χ4v) is 2.80. The maximum Gasteiger partial charge on any atom is 0.206 e. The molecular weight excluding hydrogens is 250 g/mol. The second kappa shape index (κ2) is 5.81. The molecule has 5 heteroatoms. The molecule has 1 aliphatic heterocycles. The van der Waals surface area contributed by atoms with Gasteiger partial charge in [0.25, 0.3) is 0 Å². The Kier molecular flexibility index (Phi) is 3.89. The van der Waals surface area contributed by atoms with Crippen LogP contribution in [-0.2, 0) is 7.05 Å². The lowest BCUT2D eigenvalue weighted by atomic mass is 10.3. The molecule has 0 unspecified atom stereocenters. The van der Waals surface area contributed by atoms with Crippen LogP contribution >= 0.6 is 0 Å². The Hall–Kier alpha value is -1.59. The lowest BCUT2D eigenvalue weighted by Gasteiger charge is -2.29. The van der Waals surface area contributed by atoms with E-state index in [1.165, 1.54) is 5.52 Å². The molecule has 1 aromatic heterocycles. The maximum absolute atomic E-state index is 4.73. The first-order valence-corrected chi connectivity index (χ1v) is 7.31. The Balaban J connectivity index is 1.68. The van der Waals surface area contributed by atoms with E-state index >= 15 is 0 Å². The summed E-state index contributed by atoms with van der Waals surface area (Å²) < 4.78 is 2.17. The van der Waals surface area contributed by atoms with Crippen LogP contribution in [0.15, 0.2) is 24.3 Å². The molecule has 108 valence electrons. The van der Waals surface area contributed by atoms with Crippen LogP contribution in [0.1, 0.15) is 0 Å². The van der Waals surface area contributed by atoms with Crippen LogP contribution in [0.2, 0.25) is 0 Å². The van der Waals surface area contributed by atoms with E-state index in [0.29, 0.717) is 0 Å². The minimum atomic E-state index is 1.01. The van der Waals surface area contributed by atoms with Gasteiger partial charge in [-0.3, -0.25) is 4.90 Å². The van der Waals surface area contributed by atoms with Gasteiger partial charge in [0.1, 0.15) is 0 Å². The minimum Gasteiger partial charge on any atom is -0.344 e. The van der Waals surface area contributed by atoms with Gasteiger partial charge >= 0.3 is 0 Å². The molecule has 20 heavy (non-hydrogen) atoms. The molecule has 2 heterocycles. The van der Waals surface area contributed by atoms with E-state index in [1.807, 2.05) is 6.07 Å². The van der Waals surface area contributed by atoms with E-state index in [0.717, 1.165) is 50.7 Å². The number of nitrogens with zero attached hydrogens (tertiary/aromatic N) is 4. The summed E-state index contributed by atoms with van der Waals surface area (Å²) in [7, 11) is 4.22. The van der Waals surface area contributed by atoms with Crippen LogP contribution in [0.4, 0.5) is 5.95 Å². The first-order valence-electron chi connectivity index (χ1n) is 7.31. The van der Waals surface area contributed by atoms with E-state index < -0.39 is 0 Å². The molecule has 0 amide bonds. The average Bonchev–Trinajstić information content (AvgIpc) is 2.84. The third kappa shape index (κ3) is 2.64. The van der Waals surface area contributed by atoms with Crippen molar-refractivity contribution in [1.29, 1.82) is 0 Å². The Bertz CT molecular complexity index is 571. The third-order valence-corrected chi connectivity index (χ3v) is 4.07. The number of nitrogens with one attached hydrogen (secondary N) is 1. The first-order chi connectivity index (χ1) is 9.75. The van der Waals surface area contributed by atoms with E-state index in [2.05, 4.69) is 52.0 Å². The molecule has 1 fully saturated rings. The zero-order valence-corrected chi connectivity index (χ0v) is 12.3. The fourth-order valence-electron chi connectivity index (χ4n) is 2.80. The first kappa shape index (κ1) is 13.4. The Morgan fingerprint density at radius 1 is 1.25 bits per heavy atom. The Morgan fingerprint density at radius 3 is 2.75 bits per heavy atom. The predicted octanol–water partition coefficient (Wildman–Crippen LogP) is 0.915. The summed E-state index contributed by atoms with van der Waals surface area (Å²) in [5.41, 5.74) is 2.26. The number of para-hydroxylation sites is 2. The molecule has 3 rings (SSSR count). The smallest absolute Gasteiger partial charge is 0.206 e. The van der Waals surface area contributed by atoms with Gasteiger partial charge in [-0.1, -0.05) is 12.1 Å². The topological polar surface area (TPSA) is 36.3 Å². The summed E-state index contributed by atoms with van der Waals surface area (Å²) in [6, 6.07) is 8.30. The average molecular weight is 273 g/mol. The standard InChI is InChI=1S/C15H23N5/c1-18(11-12-20-9-7-16-8-10-20)15-17-13-5-3-4-6-14(13)19(15)2/h3-6,16H,7-12H2,1-2H3. The van der Waals surface area contributed by atoms with Crippen molar-refractivity contribution in [2.45, 2.75) is 0 Å². The molecule has 1 saturated heterocycles. The molecule has 0 saturated carbocycles. The molecule has 0 radical (unpaired) electrons. The highest BCUT2D eigenvalue weighted by molar-refractivity contribution is 5.78. The number of benzene rings is 1. The lowest BCUT2D eigenvalue weighted by Crippen LogP contribution is -2.46. The van der Waals surface area contributed by atoms with E-state index in [-0.39, 0.29) is 0 Å². The summed E-state index contributed by atoms with van der Waals surface area (Å²) in [6.07, 6.45) is 0. The highest BCUT2D eigenvalue weighted by Gasteiger charge is 2.14. The van der Waals surface area contributed by atoms with E-state index in [9.17, 15) is 0 Å². The van der Waals surface area contributed by atoms with Crippen LogP contribution in [0.3, 0.4) is 0 Å². The van der Waals surface area contributed by atoms with Crippen LogP contribution in [0, 0.1) is 0 Å². The quantitative estimate of drug-likeness (QED) is 0.898. The summed E-state index contributed by atoms with van der Waals surface area (Å²) in [4.78, 5) is 9.50.